The van der Waals surface area contributed by atoms with Crippen LogP contribution in [0.25, 0.3) is 0 Å². The summed E-state index contributed by atoms with van der Waals surface area (Å²) >= 11 is 1.76. The number of pyridine rings is 1. The molecular weight excluding hydrogens is 286 g/mol. The first-order chi connectivity index (χ1) is 10.2. The second-order valence-electron chi connectivity index (χ2n) is 5.02. The van der Waals surface area contributed by atoms with E-state index in [0.717, 1.165) is 19.6 Å². The van der Waals surface area contributed by atoms with Gasteiger partial charge in [0, 0.05) is 43.8 Å². The first-order valence-electron chi connectivity index (χ1n) is 6.92. The van der Waals surface area contributed by atoms with Crippen LogP contribution in [-0.4, -0.2) is 52.0 Å². The second-order valence-corrected chi connectivity index (χ2v) is 6.05. The third-order valence-corrected chi connectivity index (χ3v) is 4.47. The molecule has 0 radical (unpaired) electrons. The van der Waals surface area contributed by atoms with Gasteiger partial charge in [-0.1, -0.05) is 6.07 Å². The maximum Gasteiger partial charge on any atom is 0.276 e. The van der Waals surface area contributed by atoms with Gasteiger partial charge in [-0.25, -0.2) is 4.98 Å². The molecule has 110 valence electrons. The van der Waals surface area contributed by atoms with Crippen LogP contribution in [0.15, 0.2) is 35.8 Å². The zero-order chi connectivity index (χ0) is 14.7. The van der Waals surface area contributed by atoms with Gasteiger partial charge in [-0.15, -0.1) is 11.3 Å². The molecule has 0 aromatic carbocycles. The Labute approximate surface area is 127 Å². The summed E-state index contributed by atoms with van der Waals surface area (Å²) in [6, 6.07) is 7.30. The molecule has 3 heterocycles. The van der Waals surface area contributed by atoms with Gasteiger partial charge in [0.25, 0.3) is 5.91 Å². The number of thiophene rings is 1. The highest BCUT2D eigenvalue weighted by Crippen LogP contribution is 2.17. The van der Waals surface area contributed by atoms with Crippen LogP contribution in [0.2, 0.25) is 0 Å². The summed E-state index contributed by atoms with van der Waals surface area (Å²) in [5.74, 6) is -0.243. The molecule has 0 aliphatic carbocycles. The fourth-order valence-corrected chi connectivity index (χ4v) is 3.19. The number of amides is 1. The minimum absolute atomic E-state index is 0.0523. The SMILES string of the molecule is O=C(c1ncccc1O)N1CCN(Cc2cccs2)CC1. The second kappa shape index (κ2) is 6.24. The Kier molecular flexibility index (Phi) is 4.17. The average molecular weight is 303 g/mol. The standard InChI is InChI=1S/C15H17N3O2S/c19-13-4-1-5-16-14(13)15(20)18-8-6-17(7-9-18)11-12-3-2-10-21-12/h1-5,10,19H,6-9,11H2. The zero-order valence-corrected chi connectivity index (χ0v) is 12.4. The van der Waals surface area contributed by atoms with E-state index in [-0.39, 0.29) is 17.4 Å². The summed E-state index contributed by atoms with van der Waals surface area (Å²) in [5.41, 5.74) is 0.143. The summed E-state index contributed by atoms with van der Waals surface area (Å²) in [6.45, 7) is 3.96. The largest absolute Gasteiger partial charge is 0.505 e. The lowest BCUT2D eigenvalue weighted by atomic mass is 10.2. The zero-order valence-electron chi connectivity index (χ0n) is 11.6. The Bertz CT molecular complexity index is 607. The maximum atomic E-state index is 12.3. The van der Waals surface area contributed by atoms with E-state index >= 15 is 0 Å². The van der Waals surface area contributed by atoms with Crippen molar-refractivity contribution in [3.63, 3.8) is 0 Å². The minimum Gasteiger partial charge on any atom is -0.505 e. The van der Waals surface area contributed by atoms with E-state index in [4.69, 9.17) is 0 Å². The number of carbonyl (C=O) groups excluding carboxylic acids is 1. The van der Waals surface area contributed by atoms with Crippen LogP contribution in [0.3, 0.4) is 0 Å². The number of carbonyl (C=O) groups is 1. The number of aromatic hydroxyl groups is 1. The minimum atomic E-state index is -0.191. The normalized spacial score (nSPS) is 16.1. The highest BCUT2D eigenvalue weighted by molar-refractivity contribution is 7.09. The summed E-state index contributed by atoms with van der Waals surface area (Å²) in [4.78, 5) is 21.8. The molecule has 2 aromatic rings. The van der Waals surface area contributed by atoms with Crippen molar-refractivity contribution in [3.05, 3.63) is 46.4 Å². The molecule has 0 unspecified atom stereocenters. The Hall–Kier alpha value is -1.92. The molecule has 1 amide bonds. The van der Waals surface area contributed by atoms with E-state index in [9.17, 15) is 9.90 Å². The van der Waals surface area contributed by atoms with Crippen molar-refractivity contribution in [1.82, 2.24) is 14.8 Å². The number of hydrogen-bond acceptors (Lipinski definition) is 5. The van der Waals surface area contributed by atoms with Crippen molar-refractivity contribution in [1.29, 1.82) is 0 Å². The van der Waals surface area contributed by atoms with Crippen LogP contribution in [0.1, 0.15) is 15.4 Å². The molecule has 0 atom stereocenters. The highest BCUT2D eigenvalue weighted by Gasteiger charge is 2.24. The van der Waals surface area contributed by atoms with E-state index in [0.29, 0.717) is 13.1 Å². The predicted octanol–water partition coefficient (Wildman–Crippen LogP) is 1.81. The average Bonchev–Trinajstić information content (AvgIpc) is 3.01. The molecule has 6 heteroatoms. The fourth-order valence-electron chi connectivity index (χ4n) is 2.44. The van der Waals surface area contributed by atoms with Gasteiger partial charge in [0.05, 0.1) is 0 Å². The lowest BCUT2D eigenvalue weighted by molar-refractivity contribution is 0.0620. The summed E-state index contributed by atoms with van der Waals surface area (Å²) in [5, 5.41) is 11.8. The Balaban J connectivity index is 1.58. The molecule has 0 spiro atoms. The van der Waals surface area contributed by atoms with Crippen molar-refractivity contribution >= 4 is 17.2 Å². The molecule has 1 saturated heterocycles. The molecule has 0 bridgehead atoms. The van der Waals surface area contributed by atoms with E-state index in [1.54, 1.807) is 22.3 Å². The van der Waals surface area contributed by atoms with Gasteiger partial charge >= 0.3 is 0 Å². The van der Waals surface area contributed by atoms with Gasteiger partial charge < -0.3 is 10.0 Å². The number of rotatable bonds is 3. The first kappa shape index (κ1) is 14.0. The number of piperazine rings is 1. The third-order valence-electron chi connectivity index (χ3n) is 3.61. The van der Waals surface area contributed by atoms with Gasteiger partial charge in [0.2, 0.25) is 0 Å². The topological polar surface area (TPSA) is 56.7 Å². The van der Waals surface area contributed by atoms with Gasteiger partial charge in [-0.05, 0) is 23.6 Å². The number of nitrogens with zero attached hydrogens (tertiary/aromatic N) is 3. The van der Waals surface area contributed by atoms with Gasteiger partial charge in [0.15, 0.2) is 5.69 Å². The van der Waals surface area contributed by atoms with Crippen LogP contribution in [-0.2, 0) is 6.54 Å². The molecule has 0 saturated carbocycles. The van der Waals surface area contributed by atoms with E-state index < -0.39 is 0 Å². The third kappa shape index (κ3) is 3.22. The van der Waals surface area contributed by atoms with Crippen LogP contribution < -0.4 is 0 Å². The molecule has 3 rings (SSSR count). The van der Waals surface area contributed by atoms with Gasteiger partial charge in [-0.2, -0.15) is 0 Å². The summed E-state index contributed by atoms with van der Waals surface area (Å²) in [7, 11) is 0. The predicted molar refractivity (Wildman–Crippen MR) is 81.4 cm³/mol. The van der Waals surface area contributed by atoms with E-state index in [1.165, 1.54) is 17.1 Å². The summed E-state index contributed by atoms with van der Waals surface area (Å²) in [6.07, 6.45) is 1.53. The molecule has 1 aliphatic rings. The smallest absolute Gasteiger partial charge is 0.276 e. The quantitative estimate of drug-likeness (QED) is 0.939. The monoisotopic (exact) mass is 303 g/mol. The highest BCUT2D eigenvalue weighted by atomic mass is 32.1. The molecule has 21 heavy (non-hydrogen) atoms. The van der Waals surface area contributed by atoms with Crippen molar-refractivity contribution in [2.75, 3.05) is 26.2 Å². The van der Waals surface area contributed by atoms with Gasteiger partial charge in [0.1, 0.15) is 5.75 Å². The Morgan fingerprint density at radius 1 is 1.24 bits per heavy atom. The van der Waals surface area contributed by atoms with Crippen LogP contribution in [0, 0.1) is 0 Å². The Morgan fingerprint density at radius 2 is 2.05 bits per heavy atom. The molecular formula is C15H17N3O2S. The molecule has 1 N–H and O–H groups in total. The Morgan fingerprint density at radius 3 is 2.71 bits per heavy atom. The van der Waals surface area contributed by atoms with Crippen molar-refractivity contribution < 1.29 is 9.90 Å². The van der Waals surface area contributed by atoms with Crippen LogP contribution in [0.4, 0.5) is 0 Å². The van der Waals surface area contributed by atoms with Crippen molar-refractivity contribution in [2.24, 2.45) is 0 Å². The summed E-state index contributed by atoms with van der Waals surface area (Å²) < 4.78 is 0. The fraction of sp³-hybridized carbons (Fsp3) is 0.333. The van der Waals surface area contributed by atoms with E-state index in [2.05, 4.69) is 27.4 Å². The molecule has 2 aromatic heterocycles. The van der Waals surface area contributed by atoms with Crippen molar-refractivity contribution in [2.45, 2.75) is 6.54 Å². The molecule has 5 nitrogen and oxygen atoms in total. The van der Waals surface area contributed by atoms with Crippen molar-refractivity contribution in [3.8, 4) is 5.75 Å². The van der Waals surface area contributed by atoms with Gasteiger partial charge in [-0.3, -0.25) is 9.69 Å². The lowest BCUT2D eigenvalue weighted by Crippen LogP contribution is -2.48. The lowest BCUT2D eigenvalue weighted by Gasteiger charge is -2.34. The number of hydrogen-bond donors (Lipinski definition) is 1. The van der Waals surface area contributed by atoms with Crippen LogP contribution in [0.5, 0.6) is 5.75 Å². The number of aromatic nitrogens is 1. The first-order valence-corrected chi connectivity index (χ1v) is 7.80. The molecule has 1 fully saturated rings. The van der Waals surface area contributed by atoms with E-state index in [1.807, 2.05) is 0 Å². The van der Waals surface area contributed by atoms with Crippen LogP contribution >= 0.6 is 11.3 Å². The molecule has 1 aliphatic heterocycles. The maximum absolute atomic E-state index is 12.3.